The van der Waals surface area contributed by atoms with Crippen molar-refractivity contribution in [2.75, 3.05) is 13.1 Å². The Morgan fingerprint density at radius 2 is 2.33 bits per heavy atom. The fourth-order valence-electron chi connectivity index (χ4n) is 2.28. The van der Waals surface area contributed by atoms with Gasteiger partial charge in [-0.1, -0.05) is 0 Å². The molecule has 0 spiro atoms. The standard InChI is InChI=1S/C12H14BrNO4/c13-11-9(3-5-18-11)12(17)14-4-1-2-8(7-14)6-10(15)16/h3,5,8H,1-2,4,6-7H2,(H,15,16). The van der Waals surface area contributed by atoms with E-state index in [0.29, 0.717) is 23.3 Å². The smallest absolute Gasteiger partial charge is 0.303 e. The summed E-state index contributed by atoms with van der Waals surface area (Å²) >= 11 is 3.18. The van der Waals surface area contributed by atoms with E-state index >= 15 is 0 Å². The Bertz CT molecular complexity index is 457. The lowest BCUT2D eigenvalue weighted by Crippen LogP contribution is -2.40. The van der Waals surface area contributed by atoms with Crippen LogP contribution in [0.2, 0.25) is 0 Å². The predicted molar refractivity (Wildman–Crippen MR) is 67.3 cm³/mol. The molecule has 1 atom stereocenters. The number of carbonyl (C=O) groups is 2. The van der Waals surface area contributed by atoms with Gasteiger partial charge in [-0.25, -0.2) is 0 Å². The number of nitrogens with zero attached hydrogens (tertiary/aromatic N) is 1. The molecule has 98 valence electrons. The molecule has 1 saturated heterocycles. The van der Waals surface area contributed by atoms with Gasteiger partial charge in [-0.3, -0.25) is 9.59 Å². The van der Waals surface area contributed by atoms with Gasteiger partial charge in [0.25, 0.3) is 5.91 Å². The third-order valence-electron chi connectivity index (χ3n) is 3.12. The summed E-state index contributed by atoms with van der Waals surface area (Å²) in [7, 11) is 0. The summed E-state index contributed by atoms with van der Waals surface area (Å²) in [4.78, 5) is 24.6. The number of hydrogen-bond donors (Lipinski definition) is 1. The van der Waals surface area contributed by atoms with Crippen LogP contribution in [0.1, 0.15) is 29.6 Å². The second-order valence-electron chi connectivity index (χ2n) is 4.47. The van der Waals surface area contributed by atoms with Gasteiger partial charge < -0.3 is 14.4 Å². The van der Waals surface area contributed by atoms with Crippen LogP contribution in [0.15, 0.2) is 21.4 Å². The van der Waals surface area contributed by atoms with Gasteiger partial charge in [0, 0.05) is 19.5 Å². The molecule has 0 aromatic carbocycles. The van der Waals surface area contributed by atoms with Crippen LogP contribution in [0, 0.1) is 5.92 Å². The summed E-state index contributed by atoms with van der Waals surface area (Å²) in [6.07, 6.45) is 3.29. The average Bonchev–Trinajstić information content (AvgIpc) is 2.74. The monoisotopic (exact) mass is 315 g/mol. The molecule has 0 aliphatic carbocycles. The van der Waals surface area contributed by atoms with E-state index in [0.717, 1.165) is 12.8 Å². The number of carbonyl (C=O) groups excluding carboxylic acids is 1. The number of halogens is 1. The molecule has 0 radical (unpaired) electrons. The molecule has 1 amide bonds. The second-order valence-corrected chi connectivity index (χ2v) is 5.19. The fraction of sp³-hybridized carbons (Fsp3) is 0.500. The summed E-state index contributed by atoms with van der Waals surface area (Å²) in [6.45, 7) is 1.18. The van der Waals surface area contributed by atoms with E-state index in [9.17, 15) is 9.59 Å². The zero-order chi connectivity index (χ0) is 13.1. The van der Waals surface area contributed by atoms with Crippen LogP contribution in [-0.2, 0) is 4.79 Å². The number of hydrogen-bond acceptors (Lipinski definition) is 3. The molecule has 0 saturated carbocycles. The maximum atomic E-state index is 12.2. The quantitative estimate of drug-likeness (QED) is 0.929. The number of rotatable bonds is 3. The lowest BCUT2D eigenvalue weighted by molar-refractivity contribution is -0.138. The SMILES string of the molecule is O=C(O)CC1CCCN(C(=O)c2ccoc2Br)C1. The van der Waals surface area contributed by atoms with Gasteiger partial charge >= 0.3 is 5.97 Å². The van der Waals surface area contributed by atoms with Crippen molar-refractivity contribution in [2.24, 2.45) is 5.92 Å². The summed E-state index contributed by atoms with van der Waals surface area (Å²) < 4.78 is 5.47. The van der Waals surface area contributed by atoms with E-state index < -0.39 is 5.97 Å². The largest absolute Gasteiger partial charge is 0.481 e. The van der Waals surface area contributed by atoms with Gasteiger partial charge in [0.05, 0.1) is 11.8 Å². The third-order valence-corrected chi connectivity index (χ3v) is 3.73. The first kappa shape index (κ1) is 13.1. The van der Waals surface area contributed by atoms with Crippen molar-refractivity contribution in [3.63, 3.8) is 0 Å². The summed E-state index contributed by atoms with van der Waals surface area (Å²) in [6, 6.07) is 1.62. The summed E-state index contributed by atoms with van der Waals surface area (Å²) in [5.74, 6) is -0.865. The Kier molecular flexibility index (Phi) is 4.06. The first-order valence-electron chi connectivity index (χ1n) is 5.82. The summed E-state index contributed by atoms with van der Waals surface area (Å²) in [5, 5.41) is 8.79. The van der Waals surface area contributed by atoms with Crippen LogP contribution < -0.4 is 0 Å². The Morgan fingerprint density at radius 1 is 1.56 bits per heavy atom. The molecule has 1 unspecified atom stereocenters. The van der Waals surface area contributed by atoms with Gasteiger partial charge in [0.15, 0.2) is 4.67 Å². The van der Waals surface area contributed by atoms with Crippen LogP contribution >= 0.6 is 15.9 Å². The molecular weight excluding hydrogens is 302 g/mol. The van der Waals surface area contributed by atoms with Crippen molar-refractivity contribution in [3.8, 4) is 0 Å². The molecule has 6 heteroatoms. The highest BCUT2D eigenvalue weighted by atomic mass is 79.9. The number of amides is 1. The molecule has 1 aliphatic heterocycles. The fourth-order valence-corrected chi connectivity index (χ4v) is 2.69. The van der Waals surface area contributed by atoms with Gasteiger partial charge in [-0.2, -0.15) is 0 Å². The molecule has 1 aliphatic rings. The highest BCUT2D eigenvalue weighted by Crippen LogP contribution is 2.24. The van der Waals surface area contributed by atoms with E-state index in [1.165, 1.54) is 6.26 Å². The Hall–Kier alpha value is -1.30. The minimum Gasteiger partial charge on any atom is -0.481 e. The van der Waals surface area contributed by atoms with E-state index in [2.05, 4.69) is 15.9 Å². The van der Waals surface area contributed by atoms with E-state index in [1.54, 1.807) is 11.0 Å². The molecule has 2 rings (SSSR count). The van der Waals surface area contributed by atoms with Gasteiger partial charge in [-0.15, -0.1) is 0 Å². The van der Waals surface area contributed by atoms with Crippen molar-refractivity contribution in [1.82, 2.24) is 4.90 Å². The van der Waals surface area contributed by atoms with Crippen molar-refractivity contribution in [3.05, 3.63) is 22.6 Å². The van der Waals surface area contributed by atoms with Crippen LogP contribution in [0.4, 0.5) is 0 Å². The van der Waals surface area contributed by atoms with Gasteiger partial charge in [-0.05, 0) is 40.8 Å². The molecule has 5 nitrogen and oxygen atoms in total. The van der Waals surface area contributed by atoms with Crippen molar-refractivity contribution in [2.45, 2.75) is 19.3 Å². The van der Waals surface area contributed by atoms with Crippen LogP contribution in [0.3, 0.4) is 0 Å². The van der Waals surface area contributed by atoms with Crippen molar-refractivity contribution >= 4 is 27.8 Å². The van der Waals surface area contributed by atoms with E-state index in [1.807, 2.05) is 0 Å². The molecular formula is C12H14BrNO4. The zero-order valence-corrected chi connectivity index (χ0v) is 11.4. The predicted octanol–water partition coefficient (Wildman–Crippen LogP) is 2.37. The Labute approximate surface area is 113 Å². The van der Waals surface area contributed by atoms with Crippen molar-refractivity contribution in [1.29, 1.82) is 0 Å². The Balaban J connectivity index is 2.03. The van der Waals surface area contributed by atoms with Crippen LogP contribution in [-0.4, -0.2) is 35.0 Å². The molecule has 1 N–H and O–H groups in total. The highest BCUT2D eigenvalue weighted by molar-refractivity contribution is 9.10. The third kappa shape index (κ3) is 2.93. The second kappa shape index (κ2) is 5.56. The number of aliphatic carboxylic acids is 1. The highest BCUT2D eigenvalue weighted by Gasteiger charge is 2.27. The summed E-state index contributed by atoms with van der Waals surface area (Å²) in [5.41, 5.74) is 0.492. The molecule has 1 fully saturated rings. The number of carboxylic acids is 1. The van der Waals surface area contributed by atoms with Gasteiger partial charge in [0.2, 0.25) is 0 Å². The number of piperidine rings is 1. The maximum absolute atomic E-state index is 12.2. The number of likely N-dealkylation sites (tertiary alicyclic amines) is 1. The first-order valence-corrected chi connectivity index (χ1v) is 6.61. The van der Waals surface area contributed by atoms with E-state index in [4.69, 9.17) is 9.52 Å². The Morgan fingerprint density at radius 3 is 2.94 bits per heavy atom. The minimum atomic E-state index is -0.807. The molecule has 18 heavy (non-hydrogen) atoms. The van der Waals surface area contributed by atoms with Crippen molar-refractivity contribution < 1.29 is 19.1 Å². The van der Waals surface area contributed by atoms with E-state index in [-0.39, 0.29) is 18.2 Å². The molecule has 0 bridgehead atoms. The topological polar surface area (TPSA) is 70.8 Å². The average molecular weight is 316 g/mol. The van der Waals surface area contributed by atoms with Crippen LogP contribution in [0.25, 0.3) is 0 Å². The number of carboxylic acid groups (broad SMARTS) is 1. The molecule has 2 heterocycles. The molecule has 1 aromatic rings. The maximum Gasteiger partial charge on any atom is 0.303 e. The zero-order valence-electron chi connectivity index (χ0n) is 9.76. The van der Waals surface area contributed by atoms with Gasteiger partial charge in [0.1, 0.15) is 0 Å². The first-order chi connectivity index (χ1) is 8.58. The molecule has 1 aromatic heterocycles. The minimum absolute atomic E-state index is 0.0471. The lowest BCUT2D eigenvalue weighted by atomic mass is 9.94. The number of furan rings is 1. The normalized spacial score (nSPS) is 19.8. The lowest BCUT2D eigenvalue weighted by Gasteiger charge is -2.31. The van der Waals surface area contributed by atoms with Crippen LogP contribution in [0.5, 0.6) is 0 Å².